The van der Waals surface area contributed by atoms with Crippen molar-refractivity contribution in [2.75, 3.05) is 33.3 Å². The summed E-state index contributed by atoms with van der Waals surface area (Å²) >= 11 is 6.96. The molecule has 2 amide bonds. The van der Waals surface area contributed by atoms with Crippen LogP contribution in [-0.2, 0) is 4.74 Å². The molecule has 8 heteroatoms. The van der Waals surface area contributed by atoms with Crippen molar-refractivity contribution in [3.8, 4) is 0 Å². The van der Waals surface area contributed by atoms with Crippen LogP contribution < -0.4 is 0 Å². The van der Waals surface area contributed by atoms with Crippen molar-refractivity contribution < 1.29 is 19.1 Å². The molecule has 6 nitrogen and oxygen atoms in total. The largest absolute Gasteiger partial charge is 0.465 e. The molecule has 1 aromatic carbocycles. The molecule has 2 heterocycles. The third-order valence-corrected chi connectivity index (χ3v) is 5.45. The zero-order valence-corrected chi connectivity index (χ0v) is 15.7. The van der Waals surface area contributed by atoms with E-state index in [1.807, 2.05) is 0 Å². The highest BCUT2D eigenvalue weighted by atomic mass is 35.5. The van der Waals surface area contributed by atoms with Crippen molar-refractivity contribution >= 4 is 40.7 Å². The average Bonchev–Trinajstić information content (AvgIpc) is 3.17. The van der Waals surface area contributed by atoms with Crippen molar-refractivity contribution in [2.24, 2.45) is 0 Å². The van der Waals surface area contributed by atoms with E-state index >= 15 is 0 Å². The highest BCUT2D eigenvalue weighted by Crippen LogP contribution is 2.20. The van der Waals surface area contributed by atoms with E-state index in [0.29, 0.717) is 46.5 Å². The van der Waals surface area contributed by atoms with Crippen molar-refractivity contribution in [1.29, 1.82) is 0 Å². The predicted molar refractivity (Wildman–Crippen MR) is 98.9 cm³/mol. The van der Waals surface area contributed by atoms with Crippen molar-refractivity contribution in [3.05, 3.63) is 56.7 Å². The maximum atomic E-state index is 12.6. The lowest BCUT2D eigenvalue weighted by Gasteiger charge is -2.34. The number of esters is 1. The van der Waals surface area contributed by atoms with Gasteiger partial charge in [0.15, 0.2) is 0 Å². The van der Waals surface area contributed by atoms with E-state index in [0.717, 1.165) is 11.3 Å². The molecule has 1 aliphatic rings. The van der Waals surface area contributed by atoms with Gasteiger partial charge in [-0.1, -0.05) is 11.6 Å². The van der Waals surface area contributed by atoms with Crippen molar-refractivity contribution in [3.63, 3.8) is 0 Å². The summed E-state index contributed by atoms with van der Waals surface area (Å²) in [6.45, 7) is 1.82. The summed E-state index contributed by atoms with van der Waals surface area (Å²) in [5, 5.41) is 0.583. The number of thiophene rings is 1. The van der Waals surface area contributed by atoms with Crippen LogP contribution in [0.5, 0.6) is 0 Å². The molecule has 1 saturated heterocycles. The minimum Gasteiger partial charge on any atom is -0.465 e. The number of methoxy groups -OCH3 is 1. The number of halogens is 1. The second kappa shape index (κ2) is 7.88. The first-order chi connectivity index (χ1) is 12.5. The first kappa shape index (κ1) is 18.4. The highest BCUT2D eigenvalue weighted by Gasteiger charge is 2.26. The fourth-order valence-corrected chi connectivity index (χ4v) is 3.72. The molecule has 0 N–H and O–H groups in total. The zero-order chi connectivity index (χ0) is 18.7. The average molecular weight is 393 g/mol. The number of benzene rings is 1. The molecule has 136 valence electrons. The van der Waals surface area contributed by atoms with E-state index in [1.165, 1.54) is 7.11 Å². The molecule has 0 unspecified atom stereocenters. The molecule has 26 heavy (non-hydrogen) atoms. The maximum absolute atomic E-state index is 12.6. The van der Waals surface area contributed by atoms with Gasteiger partial charge in [-0.05, 0) is 36.4 Å². The fraction of sp³-hybridized carbons (Fsp3) is 0.278. The molecule has 0 radical (unpaired) electrons. The van der Waals surface area contributed by atoms with Gasteiger partial charge in [-0.2, -0.15) is 0 Å². The standard InChI is InChI=1S/C18H17ClN2O4S/c1-25-18(24)15-7-6-14(26-15)17(23)21-10-8-20(9-11-21)16(22)12-2-4-13(19)5-3-12/h2-7H,8-11H2,1H3. The van der Waals surface area contributed by atoms with Gasteiger partial charge in [-0.3, -0.25) is 9.59 Å². The van der Waals surface area contributed by atoms with Crippen LogP contribution in [0, 0.1) is 0 Å². The van der Waals surface area contributed by atoms with Gasteiger partial charge in [0.1, 0.15) is 4.88 Å². The van der Waals surface area contributed by atoms with Gasteiger partial charge in [-0.25, -0.2) is 4.79 Å². The number of piperazine rings is 1. The Balaban J connectivity index is 1.60. The third kappa shape index (κ3) is 3.89. The molecule has 1 aliphatic heterocycles. The Bertz CT molecular complexity index is 826. The Kier molecular flexibility index (Phi) is 5.58. The first-order valence-electron chi connectivity index (χ1n) is 8.02. The molecule has 0 saturated carbocycles. The Morgan fingerprint density at radius 1 is 0.885 bits per heavy atom. The van der Waals surface area contributed by atoms with E-state index in [9.17, 15) is 14.4 Å². The molecular formula is C18H17ClN2O4S. The zero-order valence-electron chi connectivity index (χ0n) is 14.1. The maximum Gasteiger partial charge on any atom is 0.348 e. The van der Waals surface area contributed by atoms with Gasteiger partial charge in [-0.15, -0.1) is 11.3 Å². The summed E-state index contributed by atoms with van der Waals surface area (Å²) in [6.07, 6.45) is 0. The van der Waals surface area contributed by atoms with Gasteiger partial charge in [0.25, 0.3) is 11.8 Å². The summed E-state index contributed by atoms with van der Waals surface area (Å²) in [5.41, 5.74) is 0.579. The number of rotatable bonds is 3. The molecular weight excluding hydrogens is 376 g/mol. The summed E-state index contributed by atoms with van der Waals surface area (Å²) < 4.78 is 4.66. The molecule has 2 aromatic rings. The van der Waals surface area contributed by atoms with E-state index in [1.54, 1.807) is 46.2 Å². The molecule has 3 rings (SSSR count). The van der Waals surface area contributed by atoms with Crippen molar-refractivity contribution in [1.82, 2.24) is 9.80 Å². The quantitative estimate of drug-likeness (QED) is 0.753. The monoisotopic (exact) mass is 392 g/mol. The molecule has 0 bridgehead atoms. The predicted octanol–water partition coefficient (Wildman–Crippen LogP) is 2.79. The highest BCUT2D eigenvalue weighted by molar-refractivity contribution is 7.15. The van der Waals surface area contributed by atoms with Crippen LogP contribution in [0.3, 0.4) is 0 Å². The normalized spacial score (nSPS) is 14.2. The molecule has 0 atom stereocenters. The minimum absolute atomic E-state index is 0.0714. The lowest BCUT2D eigenvalue weighted by atomic mass is 10.2. The van der Waals surface area contributed by atoms with Crippen LogP contribution in [0.1, 0.15) is 29.7 Å². The number of hydrogen-bond donors (Lipinski definition) is 0. The number of carbonyl (C=O) groups excluding carboxylic acids is 3. The smallest absolute Gasteiger partial charge is 0.348 e. The van der Waals surface area contributed by atoms with Crippen LogP contribution in [0.4, 0.5) is 0 Å². The molecule has 0 spiro atoms. The fourth-order valence-electron chi connectivity index (χ4n) is 2.71. The third-order valence-electron chi connectivity index (χ3n) is 4.15. The van der Waals surface area contributed by atoms with Gasteiger partial charge in [0, 0.05) is 36.8 Å². The molecule has 1 fully saturated rings. The summed E-state index contributed by atoms with van der Waals surface area (Å²) in [6, 6.07) is 9.98. The van der Waals surface area contributed by atoms with Crippen LogP contribution >= 0.6 is 22.9 Å². The van der Waals surface area contributed by atoms with E-state index in [4.69, 9.17) is 11.6 Å². The number of amides is 2. The number of nitrogens with zero attached hydrogens (tertiary/aromatic N) is 2. The second-order valence-corrected chi connectivity index (χ2v) is 7.27. The summed E-state index contributed by atoms with van der Waals surface area (Å²) in [5.74, 6) is -0.658. The number of ether oxygens (including phenoxy) is 1. The Morgan fingerprint density at radius 3 is 2.00 bits per heavy atom. The van der Waals surface area contributed by atoms with Gasteiger partial charge in [0.2, 0.25) is 0 Å². The minimum atomic E-state index is -0.451. The molecule has 0 aliphatic carbocycles. The van der Waals surface area contributed by atoms with Crippen LogP contribution in [0.25, 0.3) is 0 Å². The SMILES string of the molecule is COC(=O)c1ccc(C(=O)N2CCN(C(=O)c3ccc(Cl)cc3)CC2)s1. The van der Waals surface area contributed by atoms with E-state index in [-0.39, 0.29) is 11.8 Å². The van der Waals surface area contributed by atoms with E-state index < -0.39 is 5.97 Å². The second-order valence-electron chi connectivity index (χ2n) is 5.75. The number of hydrogen-bond acceptors (Lipinski definition) is 5. The van der Waals surface area contributed by atoms with Crippen LogP contribution in [0.2, 0.25) is 5.02 Å². The first-order valence-corrected chi connectivity index (χ1v) is 9.21. The topological polar surface area (TPSA) is 66.9 Å². The van der Waals surface area contributed by atoms with E-state index in [2.05, 4.69) is 4.74 Å². The lowest BCUT2D eigenvalue weighted by Crippen LogP contribution is -2.50. The Hall–Kier alpha value is -2.38. The Morgan fingerprint density at radius 2 is 1.42 bits per heavy atom. The van der Waals surface area contributed by atoms with Gasteiger partial charge < -0.3 is 14.5 Å². The van der Waals surface area contributed by atoms with Crippen LogP contribution in [0.15, 0.2) is 36.4 Å². The summed E-state index contributed by atoms with van der Waals surface area (Å²) in [7, 11) is 1.31. The van der Waals surface area contributed by atoms with Gasteiger partial charge in [0.05, 0.1) is 12.0 Å². The Labute approximate surface area is 159 Å². The lowest BCUT2D eigenvalue weighted by molar-refractivity contribution is 0.0538. The van der Waals surface area contributed by atoms with Gasteiger partial charge >= 0.3 is 5.97 Å². The summed E-state index contributed by atoms with van der Waals surface area (Å²) in [4.78, 5) is 40.9. The van der Waals surface area contributed by atoms with Crippen molar-refractivity contribution in [2.45, 2.75) is 0 Å². The van der Waals surface area contributed by atoms with Crippen LogP contribution in [-0.4, -0.2) is 60.9 Å². The number of carbonyl (C=O) groups is 3. The molecule has 1 aromatic heterocycles.